The molecule has 0 aromatic carbocycles. The molecular weight excluding hydrogens is 284 g/mol. The Bertz CT molecular complexity index is 512. The number of nitrogens with zero attached hydrogens (tertiary/aromatic N) is 1. The zero-order valence-electron chi connectivity index (χ0n) is 13.0. The Morgan fingerprint density at radius 3 is 2.86 bits per heavy atom. The van der Waals surface area contributed by atoms with Gasteiger partial charge in [0.05, 0.1) is 6.54 Å². The SMILES string of the molecule is CCc1ccsc1CN1CCC(=O)NC(C(C)CC)C1=O. The van der Waals surface area contributed by atoms with Gasteiger partial charge < -0.3 is 10.2 Å². The van der Waals surface area contributed by atoms with Crippen LogP contribution in [0.25, 0.3) is 0 Å². The van der Waals surface area contributed by atoms with Crippen molar-refractivity contribution >= 4 is 23.2 Å². The maximum absolute atomic E-state index is 12.7. The second kappa shape index (κ2) is 7.07. The number of hydrogen-bond acceptors (Lipinski definition) is 3. The number of nitrogens with one attached hydrogen (secondary N) is 1. The van der Waals surface area contributed by atoms with Gasteiger partial charge in [0.1, 0.15) is 6.04 Å². The fourth-order valence-electron chi connectivity index (χ4n) is 2.62. The molecule has 0 spiro atoms. The van der Waals surface area contributed by atoms with Crippen LogP contribution in [-0.4, -0.2) is 29.3 Å². The summed E-state index contributed by atoms with van der Waals surface area (Å²) in [4.78, 5) is 27.7. The van der Waals surface area contributed by atoms with Crippen LogP contribution in [0.5, 0.6) is 0 Å². The van der Waals surface area contributed by atoms with Gasteiger partial charge in [0.2, 0.25) is 11.8 Å². The molecule has 116 valence electrons. The van der Waals surface area contributed by atoms with Crippen LogP contribution in [0.1, 0.15) is 44.1 Å². The van der Waals surface area contributed by atoms with Crippen LogP contribution in [0.2, 0.25) is 0 Å². The number of carbonyl (C=O) groups is 2. The fourth-order valence-corrected chi connectivity index (χ4v) is 3.61. The molecule has 0 radical (unpaired) electrons. The van der Waals surface area contributed by atoms with Crippen LogP contribution in [0.4, 0.5) is 0 Å². The molecule has 1 saturated heterocycles. The number of rotatable bonds is 5. The summed E-state index contributed by atoms with van der Waals surface area (Å²) >= 11 is 1.69. The molecule has 1 aromatic heterocycles. The Hall–Kier alpha value is -1.36. The lowest BCUT2D eigenvalue weighted by Crippen LogP contribution is -2.48. The summed E-state index contributed by atoms with van der Waals surface area (Å²) in [6, 6.07) is 1.74. The summed E-state index contributed by atoms with van der Waals surface area (Å²) in [5.41, 5.74) is 1.30. The predicted molar refractivity (Wildman–Crippen MR) is 85.1 cm³/mol. The summed E-state index contributed by atoms with van der Waals surface area (Å²) in [5.74, 6) is 0.208. The molecule has 2 rings (SSSR count). The monoisotopic (exact) mass is 308 g/mol. The van der Waals surface area contributed by atoms with Crippen LogP contribution >= 0.6 is 11.3 Å². The van der Waals surface area contributed by atoms with E-state index >= 15 is 0 Å². The molecule has 0 bridgehead atoms. The van der Waals surface area contributed by atoms with Crippen molar-refractivity contribution in [2.45, 2.75) is 52.6 Å². The highest BCUT2D eigenvalue weighted by molar-refractivity contribution is 7.10. The zero-order valence-corrected chi connectivity index (χ0v) is 13.8. The Kier molecular flexibility index (Phi) is 5.39. The maximum atomic E-state index is 12.7. The van der Waals surface area contributed by atoms with Crippen molar-refractivity contribution < 1.29 is 9.59 Å². The van der Waals surface area contributed by atoms with Crippen LogP contribution in [0.15, 0.2) is 11.4 Å². The van der Waals surface area contributed by atoms with Crippen LogP contribution in [-0.2, 0) is 22.6 Å². The molecule has 1 aromatic rings. The van der Waals surface area contributed by atoms with Crippen molar-refractivity contribution in [2.75, 3.05) is 6.54 Å². The summed E-state index contributed by atoms with van der Waals surface area (Å²) in [7, 11) is 0. The van der Waals surface area contributed by atoms with Gasteiger partial charge in [-0.25, -0.2) is 0 Å². The quantitative estimate of drug-likeness (QED) is 0.909. The third kappa shape index (κ3) is 3.64. The van der Waals surface area contributed by atoms with Crippen molar-refractivity contribution in [3.8, 4) is 0 Å². The first kappa shape index (κ1) is 16.0. The molecule has 1 fully saturated rings. The zero-order chi connectivity index (χ0) is 15.4. The predicted octanol–water partition coefficient (Wildman–Crippen LogP) is 2.57. The van der Waals surface area contributed by atoms with E-state index in [0.29, 0.717) is 19.5 Å². The van der Waals surface area contributed by atoms with E-state index in [4.69, 9.17) is 0 Å². The van der Waals surface area contributed by atoms with Crippen molar-refractivity contribution in [1.29, 1.82) is 0 Å². The molecular formula is C16H24N2O2S. The molecule has 2 heterocycles. The Balaban J connectivity index is 2.17. The highest BCUT2D eigenvalue weighted by atomic mass is 32.1. The van der Waals surface area contributed by atoms with Gasteiger partial charge in [0, 0.05) is 17.8 Å². The Morgan fingerprint density at radius 2 is 2.19 bits per heavy atom. The van der Waals surface area contributed by atoms with Crippen LogP contribution in [0.3, 0.4) is 0 Å². The number of aryl methyl sites for hydroxylation is 1. The summed E-state index contributed by atoms with van der Waals surface area (Å²) in [5, 5.41) is 4.97. The summed E-state index contributed by atoms with van der Waals surface area (Å²) in [6.07, 6.45) is 2.25. The summed E-state index contributed by atoms with van der Waals surface area (Å²) in [6.45, 7) is 7.34. The van der Waals surface area contributed by atoms with Crippen molar-refractivity contribution in [2.24, 2.45) is 5.92 Å². The normalized spacial score (nSPS) is 21.1. The second-order valence-corrected chi connectivity index (χ2v) is 6.66. The highest BCUT2D eigenvalue weighted by Gasteiger charge is 2.33. The lowest BCUT2D eigenvalue weighted by atomic mass is 9.98. The van der Waals surface area contributed by atoms with E-state index < -0.39 is 0 Å². The number of hydrogen-bond donors (Lipinski definition) is 1. The standard InChI is InChI=1S/C16H24N2O2S/c1-4-11(3)15-16(20)18(8-6-14(19)17-15)10-13-12(5-2)7-9-21-13/h7,9,11,15H,4-6,8,10H2,1-3H3,(H,17,19). The second-order valence-electron chi connectivity index (χ2n) is 5.66. The van der Waals surface area contributed by atoms with Crippen molar-refractivity contribution in [3.05, 3.63) is 21.9 Å². The van der Waals surface area contributed by atoms with Gasteiger partial charge in [0.15, 0.2) is 0 Å². The average Bonchev–Trinajstić information content (AvgIpc) is 2.89. The van der Waals surface area contributed by atoms with Gasteiger partial charge in [-0.3, -0.25) is 9.59 Å². The minimum atomic E-state index is -0.380. The van der Waals surface area contributed by atoms with E-state index in [-0.39, 0.29) is 23.8 Å². The van der Waals surface area contributed by atoms with Crippen molar-refractivity contribution in [1.82, 2.24) is 10.2 Å². The first-order valence-corrected chi connectivity index (χ1v) is 8.58. The van der Waals surface area contributed by atoms with E-state index in [9.17, 15) is 9.59 Å². The topological polar surface area (TPSA) is 49.4 Å². The smallest absolute Gasteiger partial charge is 0.245 e. The Labute approximate surface area is 130 Å². The third-order valence-electron chi connectivity index (χ3n) is 4.27. The van der Waals surface area contributed by atoms with Crippen LogP contribution < -0.4 is 5.32 Å². The van der Waals surface area contributed by atoms with Gasteiger partial charge in [-0.2, -0.15) is 0 Å². The molecule has 5 heteroatoms. The molecule has 1 N–H and O–H groups in total. The third-order valence-corrected chi connectivity index (χ3v) is 5.22. The van der Waals surface area contributed by atoms with Gasteiger partial charge >= 0.3 is 0 Å². The molecule has 1 aliphatic heterocycles. The summed E-state index contributed by atoms with van der Waals surface area (Å²) < 4.78 is 0. The minimum Gasteiger partial charge on any atom is -0.344 e. The largest absolute Gasteiger partial charge is 0.344 e. The molecule has 0 aliphatic carbocycles. The molecule has 0 saturated carbocycles. The lowest BCUT2D eigenvalue weighted by Gasteiger charge is -2.27. The van der Waals surface area contributed by atoms with Gasteiger partial charge in [-0.05, 0) is 29.3 Å². The van der Waals surface area contributed by atoms with E-state index in [2.05, 4.69) is 23.7 Å². The van der Waals surface area contributed by atoms with Crippen molar-refractivity contribution in [3.63, 3.8) is 0 Å². The fraction of sp³-hybridized carbons (Fsp3) is 0.625. The molecule has 4 nitrogen and oxygen atoms in total. The maximum Gasteiger partial charge on any atom is 0.245 e. The minimum absolute atomic E-state index is 0.0157. The van der Waals surface area contributed by atoms with E-state index in [0.717, 1.165) is 12.8 Å². The Morgan fingerprint density at radius 1 is 1.43 bits per heavy atom. The van der Waals surface area contributed by atoms with Crippen LogP contribution in [0, 0.1) is 5.92 Å². The van der Waals surface area contributed by atoms with E-state index in [1.54, 1.807) is 11.3 Å². The van der Waals surface area contributed by atoms with E-state index in [1.165, 1.54) is 10.4 Å². The average molecular weight is 308 g/mol. The number of carbonyl (C=O) groups excluding carboxylic acids is 2. The highest BCUT2D eigenvalue weighted by Crippen LogP contribution is 2.22. The van der Waals surface area contributed by atoms with Gasteiger partial charge in [0.25, 0.3) is 0 Å². The molecule has 2 unspecified atom stereocenters. The first-order valence-electron chi connectivity index (χ1n) is 7.70. The molecule has 2 atom stereocenters. The first-order chi connectivity index (χ1) is 10.1. The van der Waals surface area contributed by atoms with E-state index in [1.807, 2.05) is 18.7 Å². The molecule has 21 heavy (non-hydrogen) atoms. The lowest BCUT2D eigenvalue weighted by molar-refractivity contribution is -0.135. The van der Waals surface area contributed by atoms with Gasteiger partial charge in [-0.1, -0.05) is 27.2 Å². The number of thiophene rings is 1. The molecule has 2 amide bonds. The molecule has 1 aliphatic rings. The number of amides is 2. The van der Waals surface area contributed by atoms with Gasteiger partial charge in [-0.15, -0.1) is 11.3 Å².